The van der Waals surface area contributed by atoms with E-state index in [1.54, 1.807) is 13.8 Å². The number of β-lactam (4-membered cyclic amide) rings is 1. The predicted octanol–water partition coefficient (Wildman–Crippen LogP) is 3.30. The molecular weight excluding hydrogens is 565 g/mol. The molecular formula is C27H35F3N4O8. The number of amides is 3. The number of hydrogen-bond donors (Lipinski definition) is 2. The summed E-state index contributed by atoms with van der Waals surface area (Å²) in [5.41, 5.74) is 0.378. The van der Waals surface area contributed by atoms with Gasteiger partial charge in [-0.3, -0.25) is 19.7 Å². The maximum Gasteiger partial charge on any atom is 0.415 e. The van der Waals surface area contributed by atoms with Crippen LogP contribution < -0.4 is 10.6 Å². The zero-order valence-corrected chi connectivity index (χ0v) is 23.6. The Bertz CT molecular complexity index is 1160. The number of carbonyl (C=O) groups is 5. The molecule has 1 aliphatic carbocycles. The van der Waals surface area contributed by atoms with Gasteiger partial charge in [0.05, 0.1) is 12.5 Å². The zero-order valence-electron chi connectivity index (χ0n) is 23.6. The normalized spacial score (nSPS) is 19.9. The molecule has 0 spiro atoms. The SMILES string of the molecule is CCOC(=O)[C@H]1C(C(=O)N[C@@H](C2CCCCC2)C(F)(F)F)C(=O)N1Cc1ccnc(NC(=O)OCOC(=O)C(C)C)c1. The number of ether oxygens (including phenoxy) is 3. The second-order valence-electron chi connectivity index (χ2n) is 10.4. The predicted molar refractivity (Wildman–Crippen MR) is 139 cm³/mol. The highest BCUT2D eigenvalue weighted by molar-refractivity contribution is 6.11. The molecule has 2 N–H and O–H groups in total. The first kappa shape index (κ1) is 32.6. The van der Waals surface area contributed by atoms with Crippen molar-refractivity contribution in [1.29, 1.82) is 0 Å². The van der Waals surface area contributed by atoms with Gasteiger partial charge in [-0.2, -0.15) is 13.2 Å². The maximum atomic E-state index is 13.9. The summed E-state index contributed by atoms with van der Waals surface area (Å²) in [5.74, 6) is -6.41. The van der Waals surface area contributed by atoms with Gasteiger partial charge in [-0.1, -0.05) is 33.1 Å². The molecule has 1 saturated heterocycles. The minimum atomic E-state index is -4.72. The lowest BCUT2D eigenvalue weighted by atomic mass is 9.82. The van der Waals surface area contributed by atoms with Crippen LogP contribution in [0.3, 0.4) is 0 Å². The van der Waals surface area contributed by atoms with Crippen LogP contribution >= 0.6 is 0 Å². The van der Waals surface area contributed by atoms with Crippen LogP contribution in [0.1, 0.15) is 58.4 Å². The van der Waals surface area contributed by atoms with Gasteiger partial charge >= 0.3 is 24.2 Å². The van der Waals surface area contributed by atoms with E-state index < -0.39 is 72.7 Å². The third-order valence-corrected chi connectivity index (χ3v) is 7.05. The van der Waals surface area contributed by atoms with Crippen molar-refractivity contribution in [2.75, 3.05) is 18.7 Å². The second-order valence-corrected chi connectivity index (χ2v) is 10.4. The monoisotopic (exact) mass is 600 g/mol. The molecule has 3 rings (SSSR count). The number of alkyl halides is 3. The molecule has 0 bridgehead atoms. The molecule has 1 saturated carbocycles. The summed E-state index contributed by atoms with van der Waals surface area (Å²) in [7, 11) is 0. The minimum Gasteiger partial charge on any atom is -0.464 e. The van der Waals surface area contributed by atoms with Crippen LogP contribution in [0.4, 0.5) is 23.8 Å². The molecule has 0 aromatic carbocycles. The molecule has 3 atom stereocenters. The fourth-order valence-corrected chi connectivity index (χ4v) is 4.93. The summed E-state index contributed by atoms with van der Waals surface area (Å²) < 4.78 is 56.2. The standard InChI is InChI=1S/C27H35F3N4O8/c1-4-40-25(38)20-19(22(35)33-21(27(28,29)30)17-8-6-5-7-9-17)23(36)34(20)13-16-10-11-31-18(12-16)32-26(39)42-14-41-24(37)15(2)3/h10-12,15,17,19-21H,4-9,13-14H2,1-3H3,(H,33,35)(H,31,32,39)/t19?,20-,21+/m1/s1. The molecule has 15 heteroatoms. The number of halogens is 3. The molecule has 12 nitrogen and oxygen atoms in total. The Morgan fingerprint density at radius 1 is 1.10 bits per heavy atom. The number of likely N-dealkylation sites (tertiary alicyclic amines) is 1. The van der Waals surface area contributed by atoms with Crippen LogP contribution in [-0.2, 0) is 39.9 Å². The molecule has 0 radical (unpaired) electrons. The summed E-state index contributed by atoms with van der Waals surface area (Å²) in [6, 6.07) is -0.722. The lowest BCUT2D eigenvalue weighted by Gasteiger charge is -2.45. The number of hydrogen-bond acceptors (Lipinski definition) is 9. The number of anilines is 1. The van der Waals surface area contributed by atoms with Gasteiger partial charge in [-0.05, 0) is 43.4 Å². The summed E-state index contributed by atoms with van der Waals surface area (Å²) in [4.78, 5) is 67.2. The number of carbonyl (C=O) groups excluding carboxylic acids is 5. The molecule has 2 aliphatic rings. The van der Waals surface area contributed by atoms with Gasteiger partial charge in [-0.25, -0.2) is 14.6 Å². The molecule has 232 valence electrons. The van der Waals surface area contributed by atoms with Crippen LogP contribution in [-0.4, -0.2) is 71.4 Å². The molecule has 1 aromatic rings. The number of aromatic nitrogens is 1. The Morgan fingerprint density at radius 3 is 2.40 bits per heavy atom. The molecule has 1 unspecified atom stereocenters. The van der Waals surface area contributed by atoms with Gasteiger partial charge in [0.25, 0.3) is 0 Å². The lowest BCUT2D eigenvalue weighted by Crippen LogP contribution is -2.69. The Hall–Kier alpha value is -3.91. The summed E-state index contributed by atoms with van der Waals surface area (Å²) in [5, 5.41) is 4.33. The van der Waals surface area contributed by atoms with E-state index >= 15 is 0 Å². The first-order valence-corrected chi connectivity index (χ1v) is 13.7. The van der Waals surface area contributed by atoms with Gasteiger partial charge < -0.3 is 24.4 Å². The Kier molecular flexibility index (Phi) is 11.1. The smallest absolute Gasteiger partial charge is 0.415 e. The lowest BCUT2D eigenvalue weighted by molar-refractivity contribution is -0.185. The minimum absolute atomic E-state index is 0.00290. The van der Waals surface area contributed by atoms with Crippen LogP contribution in [0.25, 0.3) is 0 Å². The third kappa shape index (κ3) is 8.32. The Labute approximate surface area is 240 Å². The highest BCUT2D eigenvalue weighted by Crippen LogP contribution is 2.36. The van der Waals surface area contributed by atoms with Crippen LogP contribution in [0.15, 0.2) is 18.3 Å². The maximum absolute atomic E-state index is 13.9. The molecule has 2 fully saturated rings. The fourth-order valence-electron chi connectivity index (χ4n) is 4.93. The van der Waals surface area contributed by atoms with Crippen LogP contribution in [0.2, 0.25) is 0 Å². The average Bonchev–Trinajstić information content (AvgIpc) is 2.93. The number of rotatable bonds is 11. The van der Waals surface area contributed by atoms with Crippen molar-refractivity contribution in [1.82, 2.24) is 15.2 Å². The quantitative estimate of drug-likeness (QED) is 0.169. The first-order valence-electron chi connectivity index (χ1n) is 13.7. The van der Waals surface area contributed by atoms with Crippen molar-refractivity contribution in [2.24, 2.45) is 17.8 Å². The van der Waals surface area contributed by atoms with Crippen molar-refractivity contribution >= 4 is 35.7 Å². The summed E-state index contributed by atoms with van der Waals surface area (Å²) in [6.45, 7) is 3.82. The number of nitrogens with zero attached hydrogens (tertiary/aromatic N) is 2. The van der Waals surface area contributed by atoms with E-state index in [0.717, 1.165) is 11.3 Å². The van der Waals surface area contributed by atoms with Crippen molar-refractivity contribution in [3.05, 3.63) is 23.9 Å². The van der Waals surface area contributed by atoms with Crippen molar-refractivity contribution in [2.45, 2.75) is 77.7 Å². The summed E-state index contributed by atoms with van der Waals surface area (Å²) in [6.07, 6.45) is -1.76. The molecule has 1 aromatic heterocycles. The molecule has 3 amide bonds. The fraction of sp³-hybridized carbons (Fsp3) is 0.630. The van der Waals surface area contributed by atoms with Gasteiger partial charge in [0.1, 0.15) is 17.8 Å². The highest BCUT2D eigenvalue weighted by atomic mass is 19.4. The zero-order chi connectivity index (χ0) is 31.0. The van der Waals surface area contributed by atoms with E-state index in [4.69, 9.17) is 14.2 Å². The number of esters is 2. The van der Waals surface area contributed by atoms with Gasteiger partial charge in [0, 0.05) is 12.7 Å². The highest BCUT2D eigenvalue weighted by Gasteiger charge is 2.57. The summed E-state index contributed by atoms with van der Waals surface area (Å²) >= 11 is 0. The average molecular weight is 601 g/mol. The van der Waals surface area contributed by atoms with E-state index in [9.17, 15) is 37.1 Å². The van der Waals surface area contributed by atoms with Gasteiger partial charge in [0.15, 0.2) is 6.04 Å². The number of nitrogens with one attached hydrogen (secondary N) is 2. The van der Waals surface area contributed by atoms with Crippen LogP contribution in [0, 0.1) is 17.8 Å². The van der Waals surface area contributed by atoms with E-state index in [0.29, 0.717) is 31.2 Å². The molecule has 1 aliphatic heterocycles. The van der Waals surface area contributed by atoms with E-state index in [-0.39, 0.29) is 19.0 Å². The van der Waals surface area contributed by atoms with E-state index in [1.807, 2.05) is 5.32 Å². The first-order chi connectivity index (χ1) is 19.8. The second kappa shape index (κ2) is 14.3. The largest absolute Gasteiger partial charge is 0.464 e. The van der Waals surface area contributed by atoms with Crippen molar-refractivity contribution < 1.29 is 51.4 Å². The van der Waals surface area contributed by atoms with Gasteiger partial charge in [-0.15, -0.1) is 0 Å². The molecule has 42 heavy (non-hydrogen) atoms. The van der Waals surface area contributed by atoms with Crippen molar-refractivity contribution in [3.8, 4) is 0 Å². The topological polar surface area (TPSA) is 153 Å². The van der Waals surface area contributed by atoms with Crippen molar-refractivity contribution in [3.63, 3.8) is 0 Å². The van der Waals surface area contributed by atoms with Gasteiger partial charge in [0.2, 0.25) is 18.6 Å². The number of pyridine rings is 1. The van der Waals surface area contributed by atoms with E-state index in [2.05, 4.69) is 10.3 Å². The Balaban J connectivity index is 1.68. The van der Waals surface area contributed by atoms with E-state index in [1.165, 1.54) is 25.3 Å². The molecule has 2 heterocycles. The third-order valence-electron chi connectivity index (χ3n) is 7.05. The Morgan fingerprint density at radius 2 is 1.79 bits per heavy atom. The van der Waals surface area contributed by atoms with Crippen LogP contribution in [0.5, 0.6) is 0 Å².